The van der Waals surface area contributed by atoms with E-state index in [9.17, 15) is 4.91 Å². The molecule has 0 spiro atoms. The first kappa shape index (κ1) is 13.6. The topological polar surface area (TPSA) is 58.9 Å². The number of nitroso groups, excluding NO2 is 1. The van der Waals surface area contributed by atoms with Gasteiger partial charge >= 0.3 is 0 Å². The number of allylic oxidation sites excluding steroid dienone is 3. The van der Waals surface area contributed by atoms with Gasteiger partial charge in [0.2, 0.25) is 0 Å². The smallest absolute Gasteiger partial charge is 0.115 e. The second-order valence-electron chi connectivity index (χ2n) is 2.99. The van der Waals surface area contributed by atoms with Crippen LogP contribution in [0.5, 0.6) is 0 Å². The number of ether oxygens (including phenoxy) is 1. The Balaban J connectivity index is 3.69. The molecule has 0 saturated carbocycles. The van der Waals surface area contributed by atoms with Gasteiger partial charge in [-0.2, -0.15) is 4.91 Å². The minimum Gasteiger partial charge on any atom is -0.492 e. The van der Waals surface area contributed by atoms with Crippen LogP contribution in [0.4, 0.5) is 0 Å². The van der Waals surface area contributed by atoms with Crippen LogP contribution in [-0.2, 0) is 4.74 Å². The first-order valence-electron chi connectivity index (χ1n) is 4.78. The summed E-state index contributed by atoms with van der Waals surface area (Å²) in [5, 5.41) is 11.2. The number of aliphatic hydroxyl groups is 1. The zero-order valence-electron chi connectivity index (χ0n) is 8.82. The molecule has 0 atom stereocenters. The highest BCUT2D eigenvalue weighted by atomic mass is 16.5. The number of hydrogen-bond acceptors (Lipinski definition) is 4. The molecule has 0 aliphatic heterocycles. The van der Waals surface area contributed by atoms with E-state index in [4.69, 9.17) is 9.84 Å². The van der Waals surface area contributed by atoms with Gasteiger partial charge in [0, 0.05) is 6.61 Å². The Kier molecular flexibility index (Phi) is 8.28. The van der Waals surface area contributed by atoms with Crippen molar-refractivity contribution in [1.29, 1.82) is 0 Å². The van der Waals surface area contributed by atoms with Gasteiger partial charge in [0.1, 0.15) is 18.9 Å². The van der Waals surface area contributed by atoms with Gasteiger partial charge in [-0.25, -0.2) is 0 Å². The van der Waals surface area contributed by atoms with Crippen LogP contribution in [0, 0.1) is 4.91 Å². The van der Waals surface area contributed by atoms with Crippen LogP contribution in [0.25, 0.3) is 0 Å². The molecule has 0 aliphatic rings. The second kappa shape index (κ2) is 9.15. The predicted octanol–water partition coefficient (Wildman–Crippen LogP) is 2.17. The number of nitrogens with zero attached hydrogens (tertiary/aromatic N) is 1. The molecule has 0 aromatic heterocycles. The van der Waals surface area contributed by atoms with Crippen LogP contribution in [0.2, 0.25) is 0 Å². The molecule has 0 aliphatic carbocycles. The fourth-order valence-corrected chi connectivity index (χ4v) is 0.862. The zero-order valence-corrected chi connectivity index (χ0v) is 8.82. The van der Waals surface area contributed by atoms with E-state index in [1.807, 2.05) is 0 Å². The van der Waals surface area contributed by atoms with Crippen molar-refractivity contribution in [2.45, 2.75) is 12.8 Å². The Labute approximate surface area is 89.9 Å². The highest BCUT2D eigenvalue weighted by Crippen LogP contribution is 2.05. The van der Waals surface area contributed by atoms with E-state index in [1.165, 1.54) is 0 Å². The molecule has 0 fully saturated rings. The molecule has 0 aromatic carbocycles. The summed E-state index contributed by atoms with van der Waals surface area (Å²) in [6.45, 7) is 7.96. The van der Waals surface area contributed by atoms with Crippen molar-refractivity contribution in [2.75, 3.05) is 19.8 Å². The van der Waals surface area contributed by atoms with Gasteiger partial charge in [-0.1, -0.05) is 30.0 Å². The van der Waals surface area contributed by atoms with Crippen molar-refractivity contribution >= 4 is 0 Å². The average molecular weight is 211 g/mol. The third kappa shape index (κ3) is 8.90. The second-order valence-corrected chi connectivity index (χ2v) is 2.99. The lowest BCUT2D eigenvalue weighted by Crippen LogP contribution is -1.95. The largest absolute Gasteiger partial charge is 0.492 e. The van der Waals surface area contributed by atoms with E-state index in [1.54, 1.807) is 12.2 Å². The average Bonchev–Trinajstić information content (AvgIpc) is 2.24. The van der Waals surface area contributed by atoms with Crippen LogP contribution < -0.4 is 0 Å². The van der Waals surface area contributed by atoms with E-state index >= 15 is 0 Å². The summed E-state index contributed by atoms with van der Waals surface area (Å²) >= 11 is 0. The lowest BCUT2D eigenvalue weighted by Gasteiger charge is -2.02. The quantitative estimate of drug-likeness (QED) is 0.275. The van der Waals surface area contributed by atoms with Crippen molar-refractivity contribution in [3.63, 3.8) is 0 Å². The molecule has 0 bridgehead atoms. The molecule has 0 aromatic rings. The lowest BCUT2D eigenvalue weighted by molar-refractivity contribution is 0.235. The summed E-state index contributed by atoms with van der Waals surface area (Å²) in [4.78, 5) is 9.76. The highest BCUT2D eigenvalue weighted by molar-refractivity contribution is 5.21. The van der Waals surface area contributed by atoms with Crippen LogP contribution in [0.3, 0.4) is 0 Å². The fraction of sp³-hybridized carbons (Fsp3) is 0.455. The summed E-state index contributed by atoms with van der Waals surface area (Å²) < 4.78 is 5.07. The molecule has 84 valence electrons. The summed E-state index contributed by atoms with van der Waals surface area (Å²) in [6.07, 6.45) is 4.92. The third-order valence-electron chi connectivity index (χ3n) is 1.63. The maximum absolute atomic E-state index is 9.76. The first-order chi connectivity index (χ1) is 7.20. The minimum atomic E-state index is 0.123. The Bertz CT molecular complexity index is 246. The summed E-state index contributed by atoms with van der Waals surface area (Å²) in [6, 6.07) is 0. The van der Waals surface area contributed by atoms with Gasteiger partial charge in [-0.05, 0) is 18.9 Å². The predicted molar refractivity (Wildman–Crippen MR) is 60.4 cm³/mol. The van der Waals surface area contributed by atoms with Gasteiger partial charge in [0.05, 0.1) is 0 Å². The van der Waals surface area contributed by atoms with E-state index in [2.05, 4.69) is 18.3 Å². The SMILES string of the molecule is C=C(/C=C\C(=C)OCCN=O)CCCO. The first-order valence-corrected chi connectivity index (χ1v) is 4.78. The molecule has 0 unspecified atom stereocenters. The maximum Gasteiger partial charge on any atom is 0.115 e. The van der Waals surface area contributed by atoms with Crippen molar-refractivity contribution < 1.29 is 9.84 Å². The van der Waals surface area contributed by atoms with Gasteiger partial charge in [-0.3, -0.25) is 0 Å². The zero-order chi connectivity index (χ0) is 11.5. The number of aliphatic hydroxyl groups excluding tert-OH is 1. The molecule has 0 amide bonds. The van der Waals surface area contributed by atoms with Crippen molar-refractivity contribution in [3.05, 3.63) is 41.5 Å². The Morgan fingerprint density at radius 3 is 2.73 bits per heavy atom. The molecule has 4 heteroatoms. The number of hydrogen-bond donors (Lipinski definition) is 1. The molecular weight excluding hydrogens is 194 g/mol. The standard InChI is InChI=1S/C11H17NO3/c1-10(4-3-8-13)5-6-11(2)15-9-7-12-14/h5-6,13H,1-4,7-9H2/b6-5-. The van der Waals surface area contributed by atoms with E-state index in [-0.39, 0.29) is 19.8 Å². The molecule has 0 rings (SSSR count). The molecular formula is C11H17NO3. The molecule has 4 nitrogen and oxygen atoms in total. The summed E-state index contributed by atoms with van der Waals surface area (Å²) in [7, 11) is 0. The van der Waals surface area contributed by atoms with Crippen molar-refractivity contribution in [1.82, 2.24) is 0 Å². The summed E-state index contributed by atoms with van der Waals surface area (Å²) in [5.74, 6) is 0.476. The molecule has 0 saturated heterocycles. The Morgan fingerprint density at radius 2 is 2.13 bits per heavy atom. The fourth-order valence-electron chi connectivity index (χ4n) is 0.862. The van der Waals surface area contributed by atoms with Crippen LogP contribution >= 0.6 is 0 Å². The Morgan fingerprint density at radius 1 is 1.40 bits per heavy atom. The lowest BCUT2D eigenvalue weighted by atomic mass is 10.1. The minimum absolute atomic E-state index is 0.123. The van der Waals surface area contributed by atoms with Gasteiger partial charge in [0.15, 0.2) is 0 Å². The van der Waals surface area contributed by atoms with E-state index in [0.29, 0.717) is 12.2 Å². The van der Waals surface area contributed by atoms with Crippen LogP contribution in [0.15, 0.2) is 41.8 Å². The van der Waals surface area contributed by atoms with Gasteiger partial charge in [0.25, 0.3) is 0 Å². The van der Waals surface area contributed by atoms with Gasteiger partial charge in [-0.15, -0.1) is 0 Å². The van der Waals surface area contributed by atoms with E-state index < -0.39 is 0 Å². The van der Waals surface area contributed by atoms with E-state index in [0.717, 1.165) is 12.0 Å². The van der Waals surface area contributed by atoms with Crippen LogP contribution in [-0.4, -0.2) is 24.9 Å². The summed E-state index contributed by atoms with van der Waals surface area (Å²) in [5.41, 5.74) is 0.905. The molecule has 0 radical (unpaired) electrons. The maximum atomic E-state index is 9.76. The molecule has 1 N–H and O–H groups in total. The van der Waals surface area contributed by atoms with Crippen molar-refractivity contribution in [3.8, 4) is 0 Å². The monoisotopic (exact) mass is 211 g/mol. The third-order valence-corrected chi connectivity index (χ3v) is 1.63. The van der Waals surface area contributed by atoms with Crippen LogP contribution in [0.1, 0.15) is 12.8 Å². The molecule has 0 heterocycles. The normalized spacial score (nSPS) is 10.2. The number of rotatable bonds is 9. The highest BCUT2D eigenvalue weighted by Gasteiger charge is 1.91. The Hall–Kier alpha value is -1.42. The van der Waals surface area contributed by atoms with Crippen molar-refractivity contribution in [2.24, 2.45) is 5.18 Å². The molecule has 15 heavy (non-hydrogen) atoms. The van der Waals surface area contributed by atoms with Gasteiger partial charge < -0.3 is 9.84 Å².